The van der Waals surface area contributed by atoms with E-state index >= 15 is 0 Å². The van der Waals surface area contributed by atoms with Crippen molar-refractivity contribution in [2.24, 2.45) is 5.29 Å². The number of thiocarbonyl (C=S) groups is 1. The summed E-state index contributed by atoms with van der Waals surface area (Å²) in [6, 6.07) is 0. The van der Waals surface area contributed by atoms with Crippen LogP contribution in [0.25, 0.3) is 0 Å². The van der Waals surface area contributed by atoms with Crippen molar-refractivity contribution in [3.63, 3.8) is 0 Å². The van der Waals surface area contributed by atoms with Crippen molar-refractivity contribution in [3.8, 4) is 0 Å². The average Bonchev–Trinajstić information content (AvgIpc) is 1.65. The van der Waals surface area contributed by atoms with Crippen LogP contribution in [0.1, 0.15) is 0 Å². The highest BCUT2D eigenvalue weighted by Gasteiger charge is 1.92. The predicted molar refractivity (Wildman–Crippen MR) is 35.1 cm³/mol. The fourth-order valence-electron chi connectivity index (χ4n) is 0.0349. The van der Waals surface area contributed by atoms with Gasteiger partial charge >= 0.3 is 0 Å². The van der Waals surface area contributed by atoms with E-state index in [1.165, 1.54) is 7.05 Å². The van der Waals surface area contributed by atoms with Crippen LogP contribution < -0.4 is 0 Å². The first kappa shape index (κ1) is 6.84. The molecule has 0 heterocycles. The Morgan fingerprint density at radius 3 is 2.43 bits per heavy atom. The molecule has 5 heteroatoms. The van der Waals surface area contributed by atoms with E-state index in [2.05, 4.69) is 30.1 Å². The van der Waals surface area contributed by atoms with Crippen molar-refractivity contribution in [2.75, 3.05) is 7.05 Å². The van der Waals surface area contributed by atoms with E-state index in [0.717, 1.165) is 5.01 Å². The summed E-state index contributed by atoms with van der Waals surface area (Å²) in [5.41, 5.74) is 0. The van der Waals surface area contributed by atoms with Gasteiger partial charge in [-0.05, 0) is 0 Å². The summed E-state index contributed by atoms with van der Waals surface area (Å²) < 4.78 is 0.176. The summed E-state index contributed by atoms with van der Waals surface area (Å²) in [7, 11) is 1.43. The van der Waals surface area contributed by atoms with Gasteiger partial charge in [-0.25, -0.2) is 5.01 Å². The minimum atomic E-state index is 0.176. The molecule has 7 heavy (non-hydrogen) atoms. The molecule has 0 aliphatic carbocycles. The molecular formula is C2H4N2OS2. The molecule has 0 rings (SSSR count). The van der Waals surface area contributed by atoms with E-state index in [-0.39, 0.29) is 4.32 Å². The van der Waals surface area contributed by atoms with Crippen molar-refractivity contribution < 1.29 is 0 Å². The van der Waals surface area contributed by atoms with Crippen molar-refractivity contribution in [3.05, 3.63) is 4.91 Å². The first-order valence-electron chi connectivity index (χ1n) is 1.48. The van der Waals surface area contributed by atoms with Gasteiger partial charge in [0.25, 0.3) is 0 Å². The zero-order valence-electron chi connectivity index (χ0n) is 3.66. The molecule has 0 N–H and O–H groups in total. The van der Waals surface area contributed by atoms with E-state index in [1.807, 2.05) is 0 Å². The molecule has 0 aromatic carbocycles. The molecule has 0 aliphatic rings. The molecule has 0 aromatic heterocycles. The van der Waals surface area contributed by atoms with Gasteiger partial charge in [0.15, 0.2) is 4.32 Å². The molecule has 0 saturated carbocycles. The van der Waals surface area contributed by atoms with Gasteiger partial charge < -0.3 is 0 Å². The molecule has 0 saturated heterocycles. The molecule has 0 aliphatic heterocycles. The number of hydrogen-bond acceptors (Lipinski definition) is 3. The Morgan fingerprint density at radius 1 is 2.00 bits per heavy atom. The third kappa shape index (κ3) is 2.52. The Labute approximate surface area is 52.0 Å². The van der Waals surface area contributed by atoms with Crippen molar-refractivity contribution in [1.29, 1.82) is 0 Å². The molecule has 0 unspecified atom stereocenters. The first-order valence-corrected chi connectivity index (χ1v) is 2.34. The Hall–Kier alpha value is -0.160. The maximum atomic E-state index is 9.49. The number of thiol groups is 1. The van der Waals surface area contributed by atoms with Crippen LogP contribution in [0.3, 0.4) is 0 Å². The van der Waals surface area contributed by atoms with Crippen molar-refractivity contribution in [2.45, 2.75) is 0 Å². The summed E-state index contributed by atoms with van der Waals surface area (Å²) in [6.45, 7) is 0. The highest BCUT2D eigenvalue weighted by molar-refractivity contribution is 8.10. The Kier molecular flexibility index (Phi) is 2.86. The topological polar surface area (TPSA) is 32.7 Å². The lowest BCUT2D eigenvalue weighted by atomic mass is 11.2. The van der Waals surface area contributed by atoms with E-state index in [1.54, 1.807) is 0 Å². The predicted octanol–water partition coefficient (Wildman–Crippen LogP) is 0.814. The third-order valence-electron chi connectivity index (χ3n) is 0.399. The van der Waals surface area contributed by atoms with Crippen molar-refractivity contribution >= 4 is 29.2 Å². The van der Waals surface area contributed by atoms with Gasteiger partial charge in [0.2, 0.25) is 0 Å². The van der Waals surface area contributed by atoms with Crippen LogP contribution in [0.5, 0.6) is 0 Å². The van der Waals surface area contributed by atoms with Gasteiger partial charge in [0, 0.05) is 7.05 Å². The molecule has 0 aromatic rings. The normalized spacial score (nSPS) is 7.71. The Morgan fingerprint density at radius 2 is 2.43 bits per heavy atom. The summed E-state index contributed by atoms with van der Waals surface area (Å²) >= 11 is 8.05. The highest BCUT2D eigenvalue weighted by atomic mass is 32.1. The number of hydrogen-bond donors (Lipinski definition) is 1. The first-order chi connectivity index (χ1) is 3.18. The Balaban J connectivity index is 3.55. The quantitative estimate of drug-likeness (QED) is 0.251. The molecule has 0 fully saturated rings. The zero-order chi connectivity index (χ0) is 5.86. The van der Waals surface area contributed by atoms with E-state index < -0.39 is 0 Å². The van der Waals surface area contributed by atoms with Gasteiger partial charge in [-0.3, -0.25) is 0 Å². The van der Waals surface area contributed by atoms with E-state index in [4.69, 9.17) is 0 Å². The second-order valence-electron chi connectivity index (χ2n) is 0.888. The van der Waals surface area contributed by atoms with Crippen LogP contribution in [-0.4, -0.2) is 16.4 Å². The van der Waals surface area contributed by atoms with Gasteiger partial charge in [0.1, 0.15) is 0 Å². The summed E-state index contributed by atoms with van der Waals surface area (Å²) in [5, 5.41) is 3.41. The molecule has 0 amide bonds. The lowest BCUT2D eigenvalue weighted by molar-refractivity contribution is 0.558. The smallest absolute Gasteiger partial charge is 0.156 e. The Bertz CT molecular complexity index is 93.7. The minimum Gasteiger partial charge on any atom is -0.216 e. The molecule has 0 atom stereocenters. The number of nitroso groups, excluding NO2 is 1. The minimum absolute atomic E-state index is 0.176. The molecule has 0 bridgehead atoms. The molecule has 0 spiro atoms. The second kappa shape index (κ2) is 2.92. The number of nitrogens with zero attached hydrogens (tertiary/aromatic N) is 2. The van der Waals surface area contributed by atoms with E-state index in [9.17, 15) is 4.91 Å². The van der Waals surface area contributed by atoms with Gasteiger partial charge in [-0.15, -0.1) is 17.5 Å². The zero-order valence-corrected chi connectivity index (χ0v) is 5.37. The fourth-order valence-corrected chi connectivity index (χ4v) is 0.105. The monoisotopic (exact) mass is 136 g/mol. The molecule has 40 valence electrons. The lowest BCUT2D eigenvalue weighted by Crippen LogP contribution is -2.11. The molecule has 0 radical (unpaired) electrons. The van der Waals surface area contributed by atoms with Crippen LogP contribution in [0.15, 0.2) is 5.29 Å². The summed E-state index contributed by atoms with van der Waals surface area (Å²) in [5.74, 6) is 0. The standard InChI is InChI=1S/C2H4N2OS2/c1-4(3-5)2(6)7/h1H3,(H,6,7). The maximum Gasteiger partial charge on any atom is 0.156 e. The summed E-state index contributed by atoms with van der Waals surface area (Å²) in [6.07, 6.45) is 0. The average molecular weight is 136 g/mol. The SMILES string of the molecule is CN(N=O)C(=S)S. The van der Waals surface area contributed by atoms with Gasteiger partial charge in [-0.1, -0.05) is 12.2 Å². The lowest BCUT2D eigenvalue weighted by Gasteiger charge is -2.00. The second-order valence-corrected chi connectivity index (χ2v) is 2.00. The third-order valence-corrected chi connectivity index (χ3v) is 0.953. The van der Waals surface area contributed by atoms with Crippen LogP contribution in [0.4, 0.5) is 0 Å². The van der Waals surface area contributed by atoms with Crippen LogP contribution in [0, 0.1) is 4.91 Å². The fraction of sp³-hybridized carbons (Fsp3) is 0.500. The van der Waals surface area contributed by atoms with Crippen LogP contribution >= 0.6 is 24.8 Å². The molecule has 3 nitrogen and oxygen atoms in total. The van der Waals surface area contributed by atoms with Gasteiger partial charge in [0.05, 0.1) is 5.29 Å². The van der Waals surface area contributed by atoms with E-state index in [0.29, 0.717) is 0 Å². The van der Waals surface area contributed by atoms with Crippen LogP contribution in [-0.2, 0) is 0 Å². The maximum absolute atomic E-state index is 9.49. The molecular weight excluding hydrogens is 132 g/mol. The largest absolute Gasteiger partial charge is 0.216 e. The highest BCUT2D eigenvalue weighted by Crippen LogP contribution is 1.89. The van der Waals surface area contributed by atoms with Gasteiger partial charge in [-0.2, -0.15) is 0 Å². The number of rotatable bonds is 1. The summed E-state index contributed by atoms with van der Waals surface area (Å²) in [4.78, 5) is 9.49. The van der Waals surface area contributed by atoms with Crippen LogP contribution in [0.2, 0.25) is 0 Å². The van der Waals surface area contributed by atoms with Crippen molar-refractivity contribution in [1.82, 2.24) is 5.01 Å².